The number of hydrogen-bond acceptors (Lipinski definition) is 0. The van der Waals surface area contributed by atoms with Gasteiger partial charge in [-0.05, 0) is 99.4 Å². The van der Waals surface area contributed by atoms with Crippen LogP contribution in [0.3, 0.4) is 0 Å². The predicted octanol–water partition coefficient (Wildman–Crippen LogP) is 9.43. The summed E-state index contributed by atoms with van der Waals surface area (Å²) < 4.78 is 0. The smallest absolute Gasteiger partial charge is 0.0194 e. The van der Waals surface area contributed by atoms with Crippen molar-refractivity contribution in [2.45, 2.75) is 41.5 Å². The lowest BCUT2D eigenvalue weighted by atomic mass is 9.73. The van der Waals surface area contributed by atoms with Crippen LogP contribution in [0.5, 0.6) is 0 Å². The van der Waals surface area contributed by atoms with Gasteiger partial charge in [0.1, 0.15) is 0 Å². The molecule has 4 atom stereocenters. The molecule has 0 aliphatic carbocycles. The van der Waals surface area contributed by atoms with Crippen molar-refractivity contribution in [1.29, 1.82) is 0 Å². The molecule has 162 valence electrons. The number of hydrogen-bond donors (Lipinski definition) is 0. The molecule has 0 saturated carbocycles. The number of benzene rings is 2. The van der Waals surface area contributed by atoms with Gasteiger partial charge >= 0.3 is 0 Å². The molecular formula is C30H32P2. The third-order valence-electron chi connectivity index (χ3n) is 8.84. The summed E-state index contributed by atoms with van der Waals surface area (Å²) in [5.74, 6) is 0. The molecular weight excluding hydrogens is 422 g/mol. The van der Waals surface area contributed by atoms with E-state index in [4.69, 9.17) is 0 Å². The molecule has 32 heavy (non-hydrogen) atoms. The van der Waals surface area contributed by atoms with Gasteiger partial charge in [-0.15, -0.1) is 0 Å². The standard InChI is InChI=1S/C30H32P2/c1-19-27(31-17-29(19,5)25(21(31)3)23-13-9-7-10-14-23)28-20(2)30(6)18-32(28)22(4)26(30)24-15-11-8-12-16-24/h7-16H,17-18H2,1-6H3/t29-,30-,31-,32-/m1/s1. The highest BCUT2D eigenvalue weighted by molar-refractivity contribution is 7.73. The Morgan fingerprint density at radius 1 is 0.562 bits per heavy atom. The van der Waals surface area contributed by atoms with Crippen LogP contribution in [0.2, 0.25) is 0 Å². The van der Waals surface area contributed by atoms with Crippen molar-refractivity contribution in [3.8, 4) is 0 Å². The van der Waals surface area contributed by atoms with Crippen LogP contribution in [0.15, 0.2) is 93.1 Å². The van der Waals surface area contributed by atoms with Gasteiger partial charge in [0.05, 0.1) is 0 Å². The third kappa shape index (κ3) is 2.47. The molecule has 2 aromatic carbocycles. The minimum absolute atomic E-state index is 0.207. The molecule has 4 aliphatic heterocycles. The Balaban J connectivity index is 1.47. The van der Waals surface area contributed by atoms with Crippen LogP contribution in [0, 0.1) is 10.8 Å². The number of fused-ring (bicyclic) bond motifs is 4. The SMILES string of the molecule is CC1=C(c2ccccc2)[C@]2(C)C[P@@]1C(C1=C(C)[C@@]3(C)C[P@]1C(C)=C3c1ccccc1)=C2C. The highest BCUT2D eigenvalue weighted by Crippen LogP contribution is 2.84. The summed E-state index contributed by atoms with van der Waals surface area (Å²) in [5, 5.41) is 6.95. The summed E-state index contributed by atoms with van der Waals surface area (Å²) in [6, 6.07) is 22.4. The first-order valence-electron chi connectivity index (χ1n) is 11.8. The van der Waals surface area contributed by atoms with Crippen LogP contribution in [-0.4, -0.2) is 12.3 Å². The van der Waals surface area contributed by atoms with Crippen LogP contribution >= 0.6 is 15.8 Å². The molecule has 0 spiro atoms. The van der Waals surface area contributed by atoms with E-state index in [0.29, 0.717) is 0 Å². The Labute approximate surface area is 195 Å². The first-order chi connectivity index (χ1) is 15.3. The Morgan fingerprint density at radius 2 is 0.906 bits per heavy atom. The van der Waals surface area contributed by atoms with Gasteiger partial charge in [-0.3, -0.25) is 0 Å². The average Bonchev–Trinajstić information content (AvgIpc) is 3.40. The average molecular weight is 455 g/mol. The summed E-state index contributed by atoms with van der Waals surface area (Å²) in [6.45, 7) is 14.9. The van der Waals surface area contributed by atoms with Crippen molar-refractivity contribution in [2.75, 3.05) is 12.3 Å². The van der Waals surface area contributed by atoms with E-state index in [-0.39, 0.29) is 26.7 Å². The van der Waals surface area contributed by atoms with Gasteiger partial charge in [-0.1, -0.05) is 85.7 Å². The molecule has 2 aromatic rings. The molecule has 0 amide bonds. The zero-order valence-electron chi connectivity index (χ0n) is 20.1. The van der Waals surface area contributed by atoms with E-state index in [0.717, 1.165) is 0 Å². The molecule has 0 saturated heterocycles. The van der Waals surface area contributed by atoms with Gasteiger partial charge in [0, 0.05) is 10.8 Å². The predicted molar refractivity (Wildman–Crippen MR) is 143 cm³/mol. The van der Waals surface area contributed by atoms with Crippen molar-refractivity contribution < 1.29 is 0 Å². The maximum atomic E-state index is 2.53. The lowest BCUT2D eigenvalue weighted by Gasteiger charge is -2.34. The number of rotatable bonds is 3. The van der Waals surface area contributed by atoms with Crippen LogP contribution in [-0.2, 0) is 0 Å². The van der Waals surface area contributed by atoms with Gasteiger partial charge in [0.2, 0.25) is 0 Å². The first kappa shape index (κ1) is 20.8. The Hall–Kier alpha value is -1.74. The summed E-state index contributed by atoms with van der Waals surface area (Å²) in [6.07, 6.45) is 2.65. The van der Waals surface area contributed by atoms with Crippen molar-refractivity contribution in [3.63, 3.8) is 0 Å². The second kappa shape index (κ2) is 6.88. The van der Waals surface area contributed by atoms with Crippen molar-refractivity contribution in [3.05, 3.63) is 104 Å². The molecule has 0 radical (unpaired) electrons. The van der Waals surface area contributed by atoms with E-state index in [1.54, 1.807) is 43.5 Å². The van der Waals surface area contributed by atoms with Crippen LogP contribution in [0.1, 0.15) is 52.7 Å². The van der Waals surface area contributed by atoms with Crippen molar-refractivity contribution >= 4 is 27.0 Å². The molecule has 0 fully saturated rings. The van der Waals surface area contributed by atoms with Crippen LogP contribution in [0.25, 0.3) is 11.1 Å². The normalized spacial score (nSPS) is 33.4. The lowest BCUT2D eigenvalue weighted by molar-refractivity contribution is 0.621. The van der Waals surface area contributed by atoms with Gasteiger partial charge in [0.15, 0.2) is 0 Å². The molecule has 0 N–H and O–H groups in total. The third-order valence-corrected chi connectivity index (χ3v) is 15.2. The topological polar surface area (TPSA) is 0 Å². The van der Waals surface area contributed by atoms with E-state index in [1.165, 1.54) is 23.5 Å². The van der Waals surface area contributed by atoms with Gasteiger partial charge < -0.3 is 0 Å². The second-order valence-electron chi connectivity index (χ2n) is 10.4. The highest BCUT2D eigenvalue weighted by atomic mass is 31.1. The van der Waals surface area contributed by atoms with Gasteiger partial charge in [-0.25, -0.2) is 0 Å². The fraction of sp³-hybridized carbons (Fsp3) is 0.333. The van der Waals surface area contributed by atoms with Gasteiger partial charge in [-0.2, -0.15) is 0 Å². The van der Waals surface area contributed by atoms with Gasteiger partial charge in [0.25, 0.3) is 0 Å². The zero-order valence-corrected chi connectivity index (χ0v) is 21.9. The largest absolute Gasteiger partial charge is 0.0622 e. The molecule has 2 heteroatoms. The summed E-state index contributed by atoms with van der Waals surface area (Å²) in [7, 11) is -0.418. The molecule has 0 unspecified atom stereocenters. The van der Waals surface area contributed by atoms with E-state index in [2.05, 4.69) is 102 Å². The maximum absolute atomic E-state index is 2.53. The van der Waals surface area contributed by atoms with E-state index < -0.39 is 0 Å². The Morgan fingerprint density at radius 3 is 1.25 bits per heavy atom. The van der Waals surface area contributed by atoms with Crippen LogP contribution in [0.4, 0.5) is 0 Å². The molecule has 6 rings (SSSR count). The summed E-state index contributed by atoms with van der Waals surface area (Å²) in [5.41, 5.74) is 9.90. The molecule has 0 nitrogen and oxygen atoms in total. The first-order valence-corrected chi connectivity index (χ1v) is 14.9. The highest BCUT2D eigenvalue weighted by Gasteiger charge is 2.57. The molecule has 4 heterocycles. The zero-order chi connectivity index (χ0) is 22.4. The van der Waals surface area contributed by atoms with E-state index >= 15 is 0 Å². The molecule has 4 bridgehead atoms. The van der Waals surface area contributed by atoms with E-state index in [1.807, 2.05) is 0 Å². The van der Waals surface area contributed by atoms with Crippen molar-refractivity contribution in [2.24, 2.45) is 10.8 Å². The summed E-state index contributed by atoms with van der Waals surface area (Å²) >= 11 is 0. The fourth-order valence-electron chi connectivity index (χ4n) is 7.00. The summed E-state index contributed by atoms with van der Waals surface area (Å²) in [4.78, 5) is 0. The van der Waals surface area contributed by atoms with Crippen LogP contribution < -0.4 is 0 Å². The van der Waals surface area contributed by atoms with Crippen molar-refractivity contribution in [1.82, 2.24) is 0 Å². The minimum Gasteiger partial charge on any atom is -0.0622 e. The molecule has 0 aromatic heterocycles. The monoisotopic (exact) mass is 454 g/mol. The fourth-order valence-corrected chi connectivity index (χ4v) is 14.7. The Bertz CT molecular complexity index is 1170. The second-order valence-corrected chi connectivity index (χ2v) is 15.0. The van der Waals surface area contributed by atoms with E-state index in [9.17, 15) is 0 Å². The molecule has 4 aliphatic rings. The Kier molecular flexibility index (Phi) is 4.48. The number of allylic oxidation sites excluding steroid dienone is 8. The quantitative estimate of drug-likeness (QED) is 0.405. The maximum Gasteiger partial charge on any atom is 0.0194 e. The lowest BCUT2D eigenvalue weighted by Crippen LogP contribution is -2.20. The minimum atomic E-state index is -0.209.